The molecule has 0 saturated heterocycles. The molecule has 0 heterocycles. The van der Waals surface area contributed by atoms with E-state index in [1.165, 1.54) is 18.2 Å². The summed E-state index contributed by atoms with van der Waals surface area (Å²) in [4.78, 5) is 0. The third-order valence-corrected chi connectivity index (χ3v) is 9.40. The summed E-state index contributed by atoms with van der Waals surface area (Å²) in [5.74, 6) is -0.908. The smallest absolute Gasteiger partial charge is 0.383 e. The molecule has 3 rings (SSSR count). The van der Waals surface area contributed by atoms with Crippen molar-refractivity contribution in [2.24, 2.45) is 0 Å². The summed E-state index contributed by atoms with van der Waals surface area (Å²) >= 11 is 56.5. The average Bonchev–Trinajstić information content (AvgIpc) is 2.78. The van der Waals surface area contributed by atoms with Gasteiger partial charge in [-0.25, -0.2) is 0 Å². The van der Waals surface area contributed by atoms with Gasteiger partial charge in [-0.1, -0.05) is 104 Å². The lowest BCUT2D eigenvalue weighted by Gasteiger charge is -2.23. The summed E-state index contributed by atoms with van der Waals surface area (Å²) in [7, 11) is -4.83. The zero-order chi connectivity index (χ0) is 26.4. The zero-order valence-corrected chi connectivity index (χ0v) is 25.4. The standard InChI is InChI=1S/C21H12Cl9O4P/c1-7-4-10(22)19(16(28)13(7)25)32-35(31,33-20-11(23)5-8(2)14(26)17(20)29)34-21-12(24)6-9(3)15(27)18(21)30/h4-6H,1-3H3. The van der Waals surface area contributed by atoms with Gasteiger partial charge in [0.1, 0.15) is 15.1 Å². The molecule has 188 valence electrons. The van der Waals surface area contributed by atoms with E-state index < -0.39 is 7.82 Å². The maximum atomic E-state index is 14.1. The van der Waals surface area contributed by atoms with Gasteiger partial charge in [-0.2, -0.15) is 4.57 Å². The van der Waals surface area contributed by atoms with Crippen LogP contribution in [0.4, 0.5) is 0 Å². The molecule has 3 aromatic carbocycles. The molecule has 0 radical (unpaired) electrons. The van der Waals surface area contributed by atoms with Crippen LogP contribution in [0, 0.1) is 20.8 Å². The molecule has 0 unspecified atom stereocenters. The van der Waals surface area contributed by atoms with Crippen LogP contribution in [0.2, 0.25) is 45.2 Å². The van der Waals surface area contributed by atoms with Crippen molar-refractivity contribution in [3.8, 4) is 17.2 Å². The first-order valence-corrected chi connectivity index (χ1v) is 14.1. The van der Waals surface area contributed by atoms with Crippen LogP contribution in [0.1, 0.15) is 16.7 Å². The molecule has 4 nitrogen and oxygen atoms in total. The first-order valence-electron chi connectivity index (χ1n) is 9.28. The summed E-state index contributed by atoms with van der Waals surface area (Å²) in [6.45, 7) is 4.99. The molecular formula is C21H12Cl9O4P. The Morgan fingerprint density at radius 1 is 0.486 bits per heavy atom. The van der Waals surface area contributed by atoms with E-state index in [2.05, 4.69) is 0 Å². The van der Waals surface area contributed by atoms with E-state index in [4.69, 9.17) is 118 Å². The number of phosphoric ester groups is 1. The van der Waals surface area contributed by atoms with Crippen molar-refractivity contribution in [1.82, 2.24) is 0 Å². The number of phosphoric acid groups is 1. The highest BCUT2D eigenvalue weighted by Crippen LogP contribution is 2.58. The fourth-order valence-electron chi connectivity index (χ4n) is 2.73. The maximum Gasteiger partial charge on any atom is 0.647 e. The van der Waals surface area contributed by atoms with Crippen LogP contribution in [0.15, 0.2) is 18.2 Å². The Bertz CT molecular complexity index is 1230. The molecule has 0 amide bonds. The summed E-state index contributed by atoms with van der Waals surface area (Å²) in [5, 5.41) is -0.274. The van der Waals surface area contributed by atoms with Gasteiger partial charge in [0.05, 0.1) is 30.1 Å². The number of rotatable bonds is 6. The van der Waals surface area contributed by atoms with Gasteiger partial charge in [0, 0.05) is 0 Å². The molecule has 0 aliphatic heterocycles. The molecule has 0 N–H and O–H groups in total. The minimum absolute atomic E-state index is 0.0393. The van der Waals surface area contributed by atoms with E-state index >= 15 is 0 Å². The highest BCUT2D eigenvalue weighted by atomic mass is 35.5. The zero-order valence-electron chi connectivity index (χ0n) is 17.7. The Morgan fingerprint density at radius 2 is 0.714 bits per heavy atom. The fourth-order valence-corrected chi connectivity index (χ4v) is 6.73. The van der Waals surface area contributed by atoms with E-state index in [1.54, 1.807) is 20.8 Å². The van der Waals surface area contributed by atoms with Crippen molar-refractivity contribution in [3.63, 3.8) is 0 Å². The second-order valence-corrected chi connectivity index (χ2v) is 12.0. The molecule has 0 bridgehead atoms. The van der Waals surface area contributed by atoms with Gasteiger partial charge in [-0.15, -0.1) is 0 Å². The van der Waals surface area contributed by atoms with Gasteiger partial charge in [0.2, 0.25) is 0 Å². The van der Waals surface area contributed by atoms with E-state index in [-0.39, 0.29) is 62.5 Å². The second-order valence-electron chi connectivity index (χ2n) is 7.12. The van der Waals surface area contributed by atoms with Crippen molar-refractivity contribution in [1.29, 1.82) is 0 Å². The van der Waals surface area contributed by atoms with Gasteiger partial charge in [-0.05, 0) is 55.7 Å². The molecule has 14 heteroatoms. The Balaban J connectivity index is 2.21. The fraction of sp³-hybridized carbons (Fsp3) is 0.143. The lowest BCUT2D eigenvalue weighted by Crippen LogP contribution is -2.10. The lowest BCUT2D eigenvalue weighted by molar-refractivity contribution is 0.298. The molecule has 35 heavy (non-hydrogen) atoms. The molecule has 0 atom stereocenters. The van der Waals surface area contributed by atoms with Crippen LogP contribution in [0.3, 0.4) is 0 Å². The van der Waals surface area contributed by atoms with E-state index in [9.17, 15) is 4.57 Å². The van der Waals surface area contributed by atoms with Crippen molar-refractivity contribution in [2.45, 2.75) is 20.8 Å². The number of benzene rings is 3. The van der Waals surface area contributed by atoms with Crippen molar-refractivity contribution in [2.75, 3.05) is 0 Å². The normalized spacial score (nSPS) is 11.5. The van der Waals surface area contributed by atoms with E-state index in [0.29, 0.717) is 16.7 Å². The second kappa shape index (κ2) is 11.3. The topological polar surface area (TPSA) is 44.8 Å². The van der Waals surface area contributed by atoms with Gasteiger partial charge < -0.3 is 13.6 Å². The van der Waals surface area contributed by atoms with Crippen LogP contribution in [0.5, 0.6) is 17.2 Å². The predicted octanol–water partition coefficient (Wildman–Crippen LogP) is 12.1. The predicted molar refractivity (Wildman–Crippen MR) is 148 cm³/mol. The quantitative estimate of drug-likeness (QED) is 0.192. The highest BCUT2D eigenvalue weighted by molar-refractivity contribution is 7.49. The van der Waals surface area contributed by atoms with Crippen molar-refractivity contribution < 1.29 is 18.1 Å². The van der Waals surface area contributed by atoms with E-state index in [0.717, 1.165) is 0 Å². The number of hydrogen-bond acceptors (Lipinski definition) is 4. The SMILES string of the molecule is Cc1cc(Cl)c(OP(=O)(Oc2c(Cl)cc(C)c(Cl)c2Cl)Oc2c(Cl)cc(C)c(Cl)c2Cl)c(Cl)c1Cl. The van der Waals surface area contributed by atoms with Crippen molar-refractivity contribution >= 4 is 112 Å². The van der Waals surface area contributed by atoms with Crippen molar-refractivity contribution in [3.05, 3.63) is 80.1 Å². The van der Waals surface area contributed by atoms with Crippen LogP contribution >= 0.6 is 112 Å². The lowest BCUT2D eigenvalue weighted by atomic mass is 10.2. The largest absolute Gasteiger partial charge is 0.647 e. The number of hydrogen-bond donors (Lipinski definition) is 0. The molecular weight excluding hydrogens is 666 g/mol. The van der Waals surface area contributed by atoms with E-state index in [1.807, 2.05) is 0 Å². The van der Waals surface area contributed by atoms with Crippen LogP contribution in [-0.4, -0.2) is 0 Å². The first-order chi connectivity index (χ1) is 16.2. The minimum Gasteiger partial charge on any atom is -0.383 e. The monoisotopic (exact) mass is 674 g/mol. The van der Waals surface area contributed by atoms with Gasteiger partial charge in [-0.3, -0.25) is 0 Å². The Kier molecular flexibility index (Phi) is 9.54. The molecule has 0 fully saturated rings. The first kappa shape index (κ1) is 29.5. The molecule has 0 saturated carbocycles. The number of halogens is 9. The summed E-state index contributed by atoms with van der Waals surface area (Å²) in [6.07, 6.45) is 0. The average molecular weight is 678 g/mol. The minimum atomic E-state index is -4.83. The van der Waals surface area contributed by atoms with Gasteiger partial charge in [0.25, 0.3) is 0 Å². The van der Waals surface area contributed by atoms with Gasteiger partial charge >= 0.3 is 7.82 Å². The Labute approximate surface area is 246 Å². The molecule has 0 aliphatic carbocycles. The van der Waals surface area contributed by atoms with Crippen LogP contribution in [-0.2, 0) is 4.57 Å². The molecule has 0 spiro atoms. The third kappa shape index (κ3) is 6.15. The van der Waals surface area contributed by atoms with Crippen LogP contribution in [0.25, 0.3) is 0 Å². The summed E-state index contributed by atoms with van der Waals surface area (Å²) < 4.78 is 30.9. The highest BCUT2D eigenvalue weighted by Gasteiger charge is 2.39. The summed E-state index contributed by atoms with van der Waals surface area (Å²) in [5.41, 5.74) is 1.62. The maximum absolute atomic E-state index is 14.1. The summed E-state index contributed by atoms with van der Waals surface area (Å²) in [6, 6.07) is 4.34. The van der Waals surface area contributed by atoms with Gasteiger partial charge in [0.15, 0.2) is 17.2 Å². The van der Waals surface area contributed by atoms with Crippen LogP contribution < -0.4 is 13.6 Å². The number of aryl methyl sites for hydroxylation is 3. The molecule has 0 aromatic heterocycles. The Hall–Kier alpha value is -0.100. The Morgan fingerprint density at radius 3 is 0.943 bits per heavy atom. The third-order valence-electron chi connectivity index (χ3n) is 4.50. The molecule has 0 aliphatic rings. The molecule has 3 aromatic rings.